The van der Waals surface area contributed by atoms with Crippen molar-refractivity contribution in [2.45, 2.75) is 6.54 Å². The quantitative estimate of drug-likeness (QED) is 0.377. The Hall–Kier alpha value is -3.91. The molecule has 4 aromatic rings. The molecule has 0 N–H and O–H groups in total. The van der Waals surface area contributed by atoms with E-state index in [0.717, 1.165) is 5.56 Å². The van der Waals surface area contributed by atoms with Crippen LogP contribution in [0.25, 0.3) is 0 Å². The molecule has 0 radical (unpaired) electrons. The van der Waals surface area contributed by atoms with E-state index in [2.05, 4.69) is 9.97 Å². The summed E-state index contributed by atoms with van der Waals surface area (Å²) in [6.45, 7) is 0.199. The first kappa shape index (κ1) is 21.3. The van der Waals surface area contributed by atoms with Gasteiger partial charge in [-0.05, 0) is 66.2 Å². The minimum absolute atomic E-state index is 0.199. The Labute approximate surface area is 187 Å². The largest absolute Gasteiger partial charge is 0.457 e. The summed E-state index contributed by atoms with van der Waals surface area (Å²) in [6.07, 6.45) is 6.15. The van der Waals surface area contributed by atoms with E-state index in [1.807, 2.05) is 18.2 Å². The fourth-order valence-corrected chi connectivity index (χ4v) is 3.87. The van der Waals surface area contributed by atoms with Gasteiger partial charge in [-0.3, -0.25) is 9.29 Å². The van der Waals surface area contributed by atoms with E-state index in [0.29, 0.717) is 28.8 Å². The van der Waals surface area contributed by atoms with Crippen LogP contribution in [0.3, 0.4) is 0 Å². The molecular weight excluding hydrogens is 426 g/mol. The van der Waals surface area contributed by atoms with E-state index < -0.39 is 10.0 Å². The standard InChI is InChI=1S/C24H21N3O4S/c1-32(28,29)27(18-19-5-4-15-25-17-19)20-7-9-21(10-8-20)30-22-11-13-23(14-12-22)31-24-6-2-3-16-26-24/h2-17H,18H2,1H3. The lowest BCUT2D eigenvalue weighted by molar-refractivity contribution is 0.456. The molecule has 0 saturated carbocycles. The fraction of sp³-hybridized carbons (Fsp3) is 0.0833. The molecule has 4 rings (SSSR count). The molecule has 0 aliphatic rings. The van der Waals surface area contributed by atoms with Crippen molar-refractivity contribution < 1.29 is 17.9 Å². The van der Waals surface area contributed by atoms with Crippen LogP contribution in [0.15, 0.2) is 97.5 Å². The van der Waals surface area contributed by atoms with Crippen LogP contribution in [0.4, 0.5) is 5.69 Å². The smallest absolute Gasteiger partial charge is 0.232 e. The molecule has 0 fully saturated rings. The Bertz CT molecular complexity index is 1250. The molecule has 0 bridgehead atoms. The molecule has 2 heterocycles. The van der Waals surface area contributed by atoms with Crippen molar-refractivity contribution in [2.75, 3.05) is 10.6 Å². The number of anilines is 1. The summed E-state index contributed by atoms with van der Waals surface area (Å²) < 4.78 is 37.5. The van der Waals surface area contributed by atoms with E-state index in [-0.39, 0.29) is 6.54 Å². The van der Waals surface area contributed by atoms with Gasteiger partial charge in [-0.2, -0.15) is 0 Å². The molecular formula is C24H21N3O4S. The summed E-state index contributed by atoms with van der Waals surface area (Å²) in [5.41, 5.74) is 1.34. The Balaban J connectivity index is 1.44. The number of sulfonamides is 1. The summed E-state index contributed by atoms with van der Waals surface area (Å²) in [5.74, 6) is 2.37. The summed E-state index contributed by atoms with van der Waals surface area (Å²) in [7, 11) is -3.47. The van der Waals surface area contributed by atoms with Crippen LogP contribution in [-0.4, -0.2) is 24.6 Å². The van der Waals surface area contributed by atoms with E-state index in [1.165, 1.54) is 10.6 Å². The second-order valence-electron chi connectivity index (χ2n) is 6.97. The van der Waals surface area contributed by atoms with Crippen molar-refractivity contribution >= 4 is 15.7 Å². The van der Waals surface area contributed by atoms with E-state index >= 15 is 0 Å². The van der Waals surface area contributed by atoms with Gasteiger partial charge in [0.05, 0.1) is 18.5 Å². The average molecular weight is 448 g/mol. The van der Waals surface area contributed by atoms with Gasteiger partial charge in [0.15, 0.2) is 0 Å². The number of hydrogen-bond acceptors (Lipinski definition) is 6. The Morgan fingerprint density at radius 3 is 2.00 bits per heavy atom. The summed E-state index contributed by atoms with van der Waals surface area (Å²) in [6, 6.07) is 23.1. The lowest BCUT2D eigenvalue weighted by Gasteiger charge is -2.22. The Morgan fingerprint density at radius 2 is 1.44 bits per heavy atom. The van der Waals surface area contributed by atoms with Gasteiger partial charge in [-0.15, -0.1) is 0 Å². The van der Waals surface area contributed by atoms with Gasteiger partial charge < -0.3 is 9.47 Å². The van der Waals surface area contributed by atoms with Crippen molar-refractivity contribution in [3.63, 3.8) is 0 Å². The number of aromatic nitrogens is 2. The third kappa shape index (κ3) is 5.61. The average Bonchev–Trinajstić information content (AvgIpc) is 2.80. The highest BCUT2D eigenvalue weighted by Gasteiger charge is 2.18. The predicted octanol–water partition coefficient (Wildman–Crippen LogP) is 5.03. The molecule has 0 unspecified atom stereocenters. The van der Waals surface area contributed by atoms with Gasteiger partial charge >= 0.3 is 0 Å². The maximum absolute atomic E-state index is 12.3. The number of rotatable bonds is 8. The van der Waals surface area contributed by atoms with Gasteiger partial charge in [-0.1, -0.05) is 12.1 Å². The van der Waals surface area contributed by atoms with E-state index in [1.54, 1.807) is 79.3 Å². The molecule has 0 saturated heterocycles. The fourth-order valence-electron chi connectivity index (χ4n) is 2.98. The van der Waals surface area contributed by atoms with Crippen LogP contribution < -0.4 is 13.8 Å². The highest BCUT2D eigenvalue weighted by Crippen LogP contribution is 2.28. The van der Waals surface area contributed by atoms with Crippen LogP contribution in [0, 0.1) is 0 Å². The topological polar surface area (TPSA) is 81.6 Å². The molecule has 0 aliphatic carbocycles. The van der Waals surface area contributed by atoms with Crippen molar-refractivity contribution in [3.05, 3.63) is 103 Å². The monoisotopic (exact) mass is 447 g/mol. The van der Waals surface area contributed by atoms with Crippen LogP contribution in [0.5, 0.6) is 23.1 Å². The molecule has 0 aliphatic heterocycles. The van der Waals surface area contributed by atoms with Crippen LogP contribution in [-0.2, 0) is 16.6 Å². The molecule has 7 nitrogen and oxygen atoms in total. The SMILES string of the molecule is CS(=O)(=O)N(Cc1cccnc1)c1ccc(Oc2ccc(Oc3ccccn3)cc2)cc1. The third-order valence-corrected chi connectivity index (χ3v) is 5.63. The highest BCUT2D eigenvalue weighted by molar-refractivity contribution is 7.92. The Morgan fingerprint density at radius 1 is 0.781 bits per heavy atom. The number of pyridine rings is 2. The molecule has 0 amide bonds. The molecule has 2 aromatic carbocycles. The zero-order chi connectivity index (χ0) is 22.4. The minimum Gasteiger partial charge on any atom is -0.457 e. The zero-order valence-corrected chi connectivity index (χ0v) is 18.1. The minimum atomic E-state index is -3.47. The van der Waals surface area contributed by atoms with Crippen LogP contribution in [0.1, 0.15) is 5.56 Å². The highest BCUT2D eigenvalue weighted by atomic mass is 32.2. The number of benzene rings is 2. The molecule has 0 spiro atoms. The number of ether oxygens (including phenoxy) is 2. The summed E-state index contributed by atoms with van der Waals surface area (Å²) in [4.78, 5) is 8.18. The number of nitrogens with zero attached hydrogens (tertiary/aromatic N) is 3. The van der Waals surface area contributed by atoms with Crippen LogP contribution >= 0.6 is 0 Å². The first-order valence-electron chi connectivity index (χ1n) is 9.81. The molecule has 0 atom stereocenters. The van der Waals surface area contributed by atoms with E-state index in [4.69, 9.17) is 9.47 Å². The van der Waals surface area contributed by atoms with E-state index in [9.17, 15) is 8.42 Å². The molecule has 32 heavy (non-hydrogen) atoms. The lowest BCUT2D eigenvalue weighted by atomic mass is 10.2. The van der Waals surface area contributed by atoms with Gasteiger partial charge in [0.2, 0.25) is 15.9 Å². The third-order valence-electron chi connectivity index (χ3n) is 4.49. The Kier molecular flexibility index (Phi) is 6.32. The van der Waals surface area contributed by atoms with Gasteiger partial charge in [-0.25, -0.2) is 13.4 Å². The predicted molar refractivity (Wildman–Crippen MR) is 123 cm³/mol. The first-order chi connectivity index (χ1) is 15.5. The maximum atomic E-state index is 12.3. The second-order valence-corrected chi connectivity index (χ2v) is 8.88. The molecule has 2 aromatic heterocycles. The van der Waals surface area contributed by atoms with Crippen molar-refractivity contribution in [3.8, 4) is 23.1 Å². The van der Waals surface area contributed by atoms with Crippen LogP contribution in [0.2, 0.25) is 0 Å². The summed E-state index contributed by atoms with van der Waals surface area (Å²) in [5, 5.41) is 0. The number of hydrogen-bond donors (Lipinski definition) is 0. The van der Waals surface area contributed by atoms with Crippen molar-refractivity contribution in [1.29, 1.82) is 0 Å². The lowest BCUT2D eigenvalue weighted by Crippen LogP contribution is -2.29. The maximum Gasteiger partial charge on any atom is 0.232 e. The second kappa shape index (κ2) is 9.49. The first-order valence-corrected chi connectivity index (χ1v) is 11.7. The van der Waals surface area contributed by atoms with Gasteiger partial charge in [0.25, 0.3) is 0 Å². The summed E-state index contributed by atoms with van der Waals surface area (Å²) >= 11 is 0. The molecule has 162 valence electrons. The zero-order valence-electron chi connectivity index (χ0n) is 17.3. The van der Waals surface area contributed by atoms with Gasteiger partial charge in [0, 0.05) is 24.7 Å². The molecule has 8 heteroatoms. The van der Waals surface area contributed by atoms with Gasteiger partial charge in [0.1, 0.15) is 17.2 Å². The van der Waals surface area contributed by atoms with Crippen molar-refractivity contribution in [2.24, 2.45) is 0 Å². The normalized spacial score (nSPS) is 11.0. The van der Waals surface area contributed by atoms with Crippen molar-refractivity contribution in [1.82, 2.24) is 9.97 Å².